The second-order valence-electron chi connectivity index (χ2n) is 9.44. The normalized spacial score (nSPS) is 20.7. The van der Waals surface area contributed by atoms with Gasteiger partial charge in [-0.3, -0.25) is 14.6 Å². The minimum Gasteiger partial charge on any atom is -0.333 e. The molecule has 1 aliphatic heterocycles. The number of halogens is 3. The molecule has 1 unspecified atom stereocenters. The zero-order valence-corrected chi connectivity index (χ0v) is 19.3. The molecule has 1 saturated carbocycles. The highest BCUT2D eigenvalue weighted by Gasteiger charge is 2.46. The lowest BCUT2D eigenvalue weighted by molar-refractivity contribution is -0.143. The largest absolute Gasteiger partial charge is 0.417 e. The number of carbonyl (C=O) groups is 1. The average Bonchev–Trinajstić information content (AvgIpc) is 3.32. The number of alkyl halides is 3. The van der Waals surface area contributed by atoms with E-state index in [1.54, 1.807) is 4.90 Å². The van der Waals surface area contributed by atoms with Crippen molar-refractivity contribution in [1.82, 2.24) is 20.2 Å². The van der Waals surface area contributed by atoms with Gasteiger partial charge in [0.2, 0.25) is 5.91 Å². The summed E-state index contributed by atoms with van der Waals surface area (Å²) in [6, 6.07) is 6.59. The van der Waals surface area contributed by atoms with E-state index in [9.17, 15) is 22.8 Å². The number of rotatable bonds is 7. The van der Waals surface area contributed by atoms with Crippen molar-refractivity contribution in [3.05, 3.63) is 63.0 Å². The monoisotopic (exact) mass is 490 g/mol. The molecule has 0 radical (unpaired) electrons. The Balaban J connectivity index is 1.47. The van der Waals surface area contributed by atoms with Crippen LogP contribution in [0.15, 0.2) is 41.5 Å². The maximum atomic E-state index is 14.0. The van der Waals surface area contributed by atoms with Crippen LogP contribution in [-0.4, -0.2) is 33.9 Å². The van der Waals surface area contributed by atoms with Crippen molar-refractivity contribution in [2.75, 3.05) is 13.1 Å². The number of H-pyrrole nitrogens is 1. The lowest BCUT2D eigenvalue weighted by Crippen LogP contribution is -2.45. The van der Waals surface area contributed by atoms with Crippen molar-refractivity contribution >= 4 is 27.5 Å². The van der Waals surface area contributed by atoms with Gasteiger partial charge in [-0.05, 0) is 54.6 Å². The van der Waals surface area contributed by atoms with Gasteiger partial charge < -0.3 is 15.2 Å². The fourth-order valence-electron chi connectivity index (χ4n) is 4.86. The molecule has 1 amide bonds. The topological polar surface area (TPSA) is 78.1 Å². The maximum Gasteiger partial charge on any atom is 0.417 e. The number of nitrogens with one attached hydrogen (secondary N) is 2. The van der Waals surface area contributed by atoms with E-state index in [0.717, 1.165) is 66.1 Å². The van der Waals surface area contributed by atoms with Crippen LogP contribution in [0.1, 0.15) is 42.4 Å². The lowest BCUT2D eigenvalue weighted by Gasteiger charge is -2.34. The summed E-state index contributed by atoms with van der Waals surface area (Å²) in [7, 11) is 0. The van der Waals surface area contributed by atoms with Gasteiger partial charge in [0.05, 0.1) is 21.2 Å². The summed E-state index contributed by atoms with van der Waals surface area (Å²) in [5, 5.41) is 3.32. The molecule has 2 aliphatic rings. The number of aromatic amines is 1. The van der Waals surface area contributed by atoms with E-state index >= 15 is 0 Å². The Morgan fingerprint density at radius 1 is 1.18 bits per heavy atom. The fourth-order valence-corrected chi connectivity index (χ4v) is 5.58. The molecule has 6 nitrogen and oxygen atoms in total. The van der Waals surface area contributed by atoms with Gasteiger partial charge in [0.15, 0.2) is 0 Å². The van der Waals surface area contributed by atoms with Gasteiger partial charge in [-0.2, -0.15) is 13.2 Å². The smallest absolute Gasteiger partial charge is 0.333 e. The van der Waals surface area contributed by atoms with Crippen molar-refractivity contribution in [1.29, 1.82) is 0 Å². The Morgan fingerprint density at radius 2 is 1.97 bits per heavy atom. The first-order valence-electron chi connectivity index (χ1n) is 11.3. The van der Waals surface area contributed by atoms with Crippen LogP contribution >= 0.6 is 11.3 Å². The molecule has 180 valence electrons. The molecule has 3 heterocycles. The highest BCUT2D eigenvalue weighted by atomic mass is 32.1. The molecule has 10 heteroatoms. The van der Waals surface area contributed by atoms with Crippen LogP contribution in [0.2, 0.25) is 0 Å². The highest BCUT2D eigenvalue weighted by molar-refractivity contribution is 7.16. The summed E-state index contributed by atoms with van der Waals surface area (Å²) >= 11 is 1.11. The van der Waals surface area contributed by atoms with E-state index in [4.69, 9.17) is 0 Å². The summed E-state index contributed by atoms with van der Waals surface area (Å²) in [5.41, 5.74) is 0.459. The van der Waals surface area contributed by atoms with E-state index in [1.807, 2.05) is 18.2 Å². The molecule has 1 atom stereocenters. The minimum atomic E-state index is -4.50. The number of carbonyl (C=O) groups excluding carboxylic acids is 1. The molecule has 1 aromatic carbocycles. The molecule has 5 rings (SSSR count). The molecule has 1 saturated heterocycles. The third-order valence-electron chi connectivity index (χ3n) is 6.71. The molecule has 0 spiro atoms. The summed E-state index contributed by atoms with van der Waals surface area (Å²) in [6.07, 6.45) is 1.44. The van der Waals surface area contributed by atoms with Crippen LogP contribution in [0.4, 0.5) is 13.2 Å². The lowest BCUT2D eigenvalue weighted by atomic mass is 9.80. The summed E-state index contributed by atoms with van der Waals surface area (Å²) in [5.74, 6) is 0.494. The van der Waals surface area contributed by atoms with Crippen molar-refractivity contribution in [2.24, 2.45) is 11.3 Å². The molecule has 2 aromatic heterocycles. The third kappa shape index (κ3) is 4.88. The number of pyridine rings is 1. The second kappa shape index (κ2) is 8.81. The minimum absolute atomic E-state index is 0.0281. The van der Waals surface area contributed by atoms with E-state index in [1.165, 1.54) is 6.20 Å². The second-order valence-corrected chi connectivity index (χ2v) is 10.5. The Bertz CT molecular complexity index is 1260. The van der Waals surface area contributed by atoms with Gasteiger partial charge in [-0.25, -0.2) is 0 Å². The van der Waals surface area contributed by atoms with Crippen LogP contribution in [-0.2, 0) is 24.1 Å². The Kier molecular flexibility index (Phi) is 5.97. The first-order chi connectivity index (χ1) is 16.2. The van der Waals surface area contributed by atoms with Gasteiger partial charge in [-0.15, -0.1) is 0 Å². The van der Waals surface area contributed by atoms with Crippen LogP contribution in [0.3, 0.4) is 0 Å². The van der Waals surface area contributed by atoms with Gasteiger partial charge in [0, 0.05) is 32.0 Å². The SMILES string of the molecule is O=C(N(Cc1cncc(C(F)(F)F)c1)Cc1ccc2sc(=O)[nH]c2c1)C1(CC2CC2)CCNC1. The van der Waals surface area contributed by atoms with Crippen LogP contribution < -0.4 is 10.2 Å². The first-order valence-corrected chi connectivity index (χ1v) is 12.2. The van der Waals surface area contributed by atoms with E-state index in [2.05, 4.69) is 15.3 Å². The van der Waals surface area contributed by atoms with E-state index in [-0.39, 0.29) is 23.9 Å². The molecular formula is C24H25F3N4O2S. The van der Waals surface area contributed by atoms with Gasteiger partial charge in [-0.1, -0.05) is 30.2 Å². The summed E-state index contributed by atoms with van der Waals surface area (Å²) < 4.78 is 40.6. The molecule has 1 aliphatic carbocycles. The van der Waals surface area contributed by atoms with Crippen LogP contribution in [0, 0.1) is 11.3 Å². The molecule has 3 aromatic rings. The number of benzene rings is 1. The summed E-state index contributed by atoms with van der Waals surface area (Å²) in [4.78, 5) is 33.7. The van der Waals surface area contributed by atoms with E-state index < -0.39 is 17.2 Å². The van der Waals surface area contributed by atoms with Gasteiger partial charge in [0.25, 0.3) is 0 Å². The predicted molar refractivity (Wildman–Crippen MR) is 123 cm³/mol. The Morgan fingerprint density at radius 3 is 2.68 bits per heavy atom. The molecule has 0 bridgehead atoms. The number of nitrogens with zero attached hydrogens (tertiary/aromatic N) is 2. The fraction of sp³-hybridized carbons (Fsp3) is 0.458. The zero-order chi connectivity index (χ0) is 23.9. The molecule has 2 fully saturated rings. The number of hydrogen-bond acceptors (Lipinski definition) is 5. The summed E-state index contributed by atoms with van der Waals surface area (Å²) in [6.45, 7) is 1.59. The van der Waals surface area contributed by atoms with Crippen LogP contribution in [0.25, 0.3) is 10.2 Å². The van der Waals surface area contributed by atoms with Crippen LogP contribution in [0.5, 0.6) is 0 Å². The zero-order valence-electron chi connectivity index (χ0n) is 18.5. The Hall–Kier alpha value is -2.72. The number of aromatic nitrogens is 2. The molecular weight excluding hydrogens is 465 g/mol. The molecule has 2 N–H and O–H groups in total. The Labute approximate surface area is 198 Å². The van der Waals surface area contributed by atoms with Crippen molar-refractivity contribution < 1.29 is 18.0 Å². The van der Waals surface area contributed by atoms with Gasteiger partial charge in [0.1, 0.15) is 0 Å². The number of amides is 1. The highest BCUT2D eigenvalue weighted by Crippen LogP contribution is 2.44. The number of fused-ring (bicyclic) bond motifs is 1. The maximum absolute atomic E-state index is 14.0. The van der Waals surface area contributed by atoms with Gasteiger partial charge >= 0.3 is 11.0 Å². The average molecular weight is 491 g/mol. The number of hydrogen-bond donors (Lipinski definition) is 2. The van der Waals surface area contributed by atoms with Crippen molar-refractivity contribution in [3.63, 3.8) is 0 Å². The van der Waals surface area contributed by atoms with E-state index in [0.29, 0.717) is 23.5 Å². The number of thiazole rings is 1. The van der Waals surface area contributed by atoms with Crippen molar-refractivity contribution in [2.45, 2.75) is 44.9 Å². The predicted octanol–water partition coefficient (Wildman–Crippen LogP) is 4.31. The van der Waals surface area contributed by atoms with Crippen molar-refractivity contribution in [3.8, 4) is 0 Å². The molecule has 34 heavy (non-hydrogen) atoms. The first kappa shape index (κ1) is 23.0. The quantitative estimate of drug-likeness (QED) is 0.517. The third-order valence-corrected chi connectivity index (χ3v) is 7.58. The standard InChI is InChI=1S/C24H25F3N4O2S/c25-24(26,27)18-7-17(10-29-11-18)13-31(12-16-3-4-20-19(8-16)30-22(33)34-20)21(32)23(5-6-28-14-23)9-15-1-2-15/h3-4,7-8,10-11,15,28H,1-2,5-6,9,12-14H2,(H,30,33).